The molecule has 2 nitrogen and oxygen atoms in total. The molecule has 0 bridgehead atoms. The molecule has 0 spiro atoms. The summed E-state index contributed by atoms with van der Waals surface area (Å²) in [5, 5.41) is 4.74. The second-order valence-electron chi connectivity index (χ2n) is 6.21. The Morgan fingerprint density at radius 3 is 1.93 bits per heavy atom. The van der Waals surface area contributed by atoms with Gasteiger partial charge in [-0.1, -0.05) is 27.7 Å². The number of aromatic nitrogens is 2. The normalized spacial score (nSPS) is 13.3. The second kappa shape index (κ2) is 3.66. The van der Waals surface area contributed by atoms with E-state index in [1.165, 1.54) is 11.4 Å². The first-order valence-corrected chi connectivity index (χ1v) is 5.76. The van der Waals surface area contributed by atoms with Crippen LogP contribution in [0.1, 0.15) is 59.9 Å². The average Bonchev–Trinajstić information content (AvgIpc) is 2.44. The Kier molecular flexibility index (Phi) is 2.99. The van der Waals surface area contributed by atoms with E-state index in [4.69, 9.17) is 5.10 Å². The predicted octanol–water partition coefficient (Wildman–Crippen LogP) is 3.50. The first-order valence-electron chi connectivity index (χ1n) is 5.76. The third-order valence-corrected chi connectivity index (χ3v) is 2.55. The molecule has 0 atom stereocenters. The lowest BCUT2D eigenvalue weighted by molar-refractivity contribution is 0.338. The van der Waals surface area contributed by atoms with Crippen LogP contribution in [0.3, 0.4) is 0 Å². The molecular weight excluding hydrogens is 184 g/mol. The van der Waals surface area contributed by atoms with E-state index in [0.29, 0.717) is 0 Å². The molecule has 2 heteroatoms. The molecule has 0 aliphatic heterocycles. The van der Waals surface area contributed by atoms with E-state index >= 15 is 0 Å². The Bertz CT molecular complexity index is 334. The fraction of sp³-hybridized carbons (Fsp3) is 0.769. The zero-order valence-corrected chi connectivity index (χ0v) is 11.2. The molecule has 0 radical (unpaired) electrons. The highest BCUT2D eigenvalue weighted by Crippen LogP contribution is 2.25. The number of rotatable bonds is 1. The van der Waals surface area contributed by atoms with Crippen molar-refractivity contribution in [3.8, 4) is 0 Å². The molecule has 1 aromatic rings. The smallest absolute Gasteiger partial charge is 0.0681 e. The van der Waals surface area contributed by atoms with E-state index in [9.17, 15) is 0 Å². The number of hydrogen-bond donors (Lipinski definition) is 0. The monoisotopic (exact) mass is 208 g/mol. The molecule has 0 saturated heterocycles. The van der Waals surface area contributed by atoms with Gasteiger partial charge in [-0.15, -0.1) is 0 Å². The molecule has 0 aliphatic carbocycles. The highest BCUT2D eigenvalue weighted by molar-refractivity contribution is 5.18. The van der Waals surface area contributed by atoms with Crippen molar-refractivity contribution >= 4 is 0 Å². The summed E-state index contributed by atoms with van der Waals surface area (Å²) in [5.41, 5.74) is 2.73. The van der Waals surface area contributed by atoms with Crippen LogP contribution in [0.5, 0.6) is 0 Å². The van der Waals surface area contributed by atoms with E-state index < -0.39 is 0 Å². The van der Waals surface area contributed by atoms with Crippen LogP contribution in [0.15, 0.2) is 6.07 Å². The highest BCUT2D eigenvalue weighted by Gasteiger charge is 2.23. The molecule has 1 rings (SSSR count). The number of hydrogen-bond acceptors (Lipinski definition) is 1. The molecule has 0 unspecified atom stereocenters. The lowest BCUT2D eigenvalue weighted by atomic mass is 9.92. The third-order valence-electron chi connectivity index (χ3n) is 2.55. The van der Waals surface area contributed by atoms with Crippen LogP contribution in [-0.4, -0.2) is 9.78 Å². The number of aryl methyl sites for hydroxylation is 1. The van der Waals surface area contributed by atoms with Crippen LogP contribution < -0.4 is 0 Å². The lowest BCUT2D eigenvalue weighted by Gasteiger charge is -2.22. The van der Waals surface area contributed by atoms with Crippen molar-refractivity contribution in [2.75, 3.05) is 0 Å². The van der Waals surface area contributed by atoms with Gasteiger partial charge in [0.25, 0.3) is 0 Å². The first-order chi connectivity index (χ1) is 6.66. The maximum absolute atomic E-state index is 4.74. The molecule has 0 amide bonds. The minimum atomic E-state index is 0.0782. The Morgan fingerprint density at radius 2 is 1.67 bits per heavy atom. The Labute approximate surface area is 93.7 Å². The van der Waals surface area contributed by atoms with Crippen LogP contribution >= 0.6 is 0 Å². The van der Waals surface area contributed by atoms with Crippen molar-refractivity contribution in [3.05, 3.63) is 17.5 Å². The number of nitrogens with zero attached hydrogens (tertiary/aromatic N) is 2. The zero-order valence-electron chi connectivity index (χ0n) is 11.2. The van der Waals surface area contributed by atoms with Gasteiger partial charge in [0.05, 0.1) is 11.2 Å². The standard InChI is InChI=1S/C13H24N2/c1-8-10-9-11(12(2,3)4)14-15(10)13(5,6)7/h9H,8H2,1-7H3. The molecule has 1 heterocycles. The largest absolute Gasteiger partial charge is 0.264 e. The molecule has 0 fully saturated rings. The molecular formula is C13H24N2. The Morgan fingerprint density at radius 1 is 1.13 bits per heavy atom. The molecule has 0 aliphatic rings. The van der Waals surface area contributed by atoms with Gasteiger partial charge < -0.3 is 0 Å². The van der Waals surface area contributed by atoms with Crippen molar-refractivity contribution in [2.24, 2.45) is 0 Å². The minimum absolute atomic E-state index is 0.0782. The molecule has 0 N–H and O–H groups in total. The van der Waals surface area contributed by atoms with Crippen LogP contribution in [0.4, 0.5) is 0 Å². The highest BCUT2D eigenvalue weighted by atomic mass is 15.3. The maximum Gasteiger partial charge on any atom is 0.0681 e. The van der Waals surface area contributed by atoms with E-state index in [1.54, 1.807) is 0 Å². The third kappa shape index (κ3) is 2.61. The summed E-state index contributed by atoms with van der Waals surface area (Å²) in [7, 11) is 0. The summed E-state index contributed by atoms with van der Waals surface area (Å²) in [4.78, 5) is 0. The van der Waals surface area contributed by atoms with Gasteiger partial charge in [0.1, 0.15) is 0 Å². The van der Waals surface area contributed by atoms with Gasteiger partial charge in [0.2, 0.25) is 0 Å². The van der Waals surface area contributed by atoms with Gasteiger partial charge in [-0.3, -0.25) is 4.68 Å². The molecule has 0 aromatic carbocycles. The quantitative estimate of drug-likeness (QED) is 0.690. The molecule has 15 heavy (non-hydrogen) atoms. The zero-order chi connectivity index (χ0) is 11.9. The summed E-state index contributed by atoms with van der Waals surface area (Å²) in [5.74, 6) is 0. The van der Waals surface area contributed by atoms with Crippen LogP contribution in [0.25, 0.3) is 0 Å². The lowest BCUT2D eigenvalue weighted by Crippen LogP contribution is -2.26. The van der Waals surface area contributed by atoms with Crippen molar-refractivity contribution < 1.29 is 0 Å². The Hall–Kier alpha value is -0.790. The van der Waals surface area contributed by atoms with Gasteiger partial charge >= 0.3 is 0 Å². The van der Waals surface area contributed by atoms with E-state index in [1.807, 2.05) is 0 Å². The molecule has 1 aromatic heterocycles. The van der Waals surface area contributed by atoms with Crippen molar-refractivity contribution in [1.29, 1.82) is 0 Å². The van der Waals surface area contributed by atoms with Crippen LogP contribution in [-0.2, 0) is 17.4 Å². The molecule has 0 saturated carbocycles. The maximum atomic E-state index is 4.74. The molecule has 86 valence electrons. The fourth-order valence-corrected chi connectivity index (χ4v) is 1.62. The summed E-state index contributed by atoms with van der Waals surface area (Å²) < 4.78 is 2.16. The van der Waals surface area contributed by atoms with E-state index in [2.05, 4.69) is 59.2 Å². The van der Waals surface area contributed by atoms with E-state index in [-0.39, 0.29) is 11.0 Å². The first kappa shape index (κ1) is 12.3. The van der Waals surface area contributed by atoms with Gasteiger partial charge in [0, 0.05) is 11.1 Å². The predicted molar refractivity (Wildman–Crippen MR) is 65.3 cm³/mol. The summed E-state index contributed by atoms with van der Waals surface area (Å²) in [6, 6.07) is 2.24. The van der Waals surface area contributed by atoms with E-state index in [0.717, 1.165) is 6.42 Å². The Balaban J connectivity index is 3.24. The summed E-state index contributed by atoms with van der Waals surface area (Å²) in [6.07, 6.45) is 1.04. The minimum Gasteiger partial charge on any atom is -0.264 e. The summed E-state index contributed by atoms with van der Waals surface area (Å²) in [6.45, 7) is 15.4. The van der Waals surface area contributed by atoms with Gasteiger partial charge in [0.15, 0.2) is 0 Å². The van der Waals surface area contributed by atoms with Crippen LogP contribution in [0.2, 0.25) is 0 Å². The van der Waals surface area contributed by atoms with Crippen LogP contribution in [0, 0.1) is 0 Å². The van der Waals surface area contributed by atoms with Crippen molar-refractivity contribution in [2.45, 2.75) is 65.8 Å². The fourth-order valence-electron chi connectivity index (χ4n) is 1.62. The average molecular weight is 208 g/mol. The SMILES string of the molecule is CCc1cc(C(C)(C)C)nn1C(C)(C)C. The van der Waals surface area contributed by atoms with Gasteiger partial charge in [-0.2, -0.15) is 5.10 Å². The van der Waals surface area contributed by atoms with Gasteiger partial charge in [-0.05, 0) is 33.3 Å². The van der Waals surface area contributed by atoms with Gasteiger partial charge in [-0.25, -0.2) is 0 Å². The van der Waals surface area contributed by atoms with Crippen molar-refractivity contribution in [3.63, 3.8) is 0 Å². The topological polar surface area (TPSA) is 17.8 Å². The van der Waals surface area contributed by atoms with Crippen molar-refractivity contribution in [1.82, 2.24) is 9.78 Å². The second-order valence-corrected chi connectivity index (χ2v) is 6.21. The summed E-state index contributed by atoms with van der Waals surface area (Å²) >= 11 is 0.